The summed E-state index contributed by atoms with van der Waals surface area (Å²) in [5.74, 6) is -0.0831. The Kier molecular flexibility index (Phi) is 3.96. The molecule has 0 spiro atoms. The maximum atomic E-state index is 12.0. The molecule has 0 aromatic carbocycles. The molecule has 1 heterocycles. The molecule has 18 heavy (non-hydrogen) atoms. The predicted molar refractivity (Wildman–Crippen MR) is 65.7 cm³/mol. The van der Waals surface area contributed by atoms with Gasteiger partial charge in [0.15, 0.2) is 0 Å². The summed E-state index contributed by atoms with van der Waals surface area (Å²) in [7, 11) is 0. The number of rotatable bonds is 5. The monoisotopic (exact) mass is 252 g/mol. The third-order valence-corrected chi connectivity index (χ3v) is 3.85. The quantitative estimate of drug-likeness (QED) is 0.800. The van der Waals surface area contributed by atoms with E-state index < -0.39 is 0 Å². The molecule has 1 fully saturated rings. The van der Waals surface area contributed by atoms with Crippen LogP contribution in [-0.2, 0) is 4.79 Å². The van der Waals surface area contributed by atoms with Crippen LogP contribution in [0.4, 0.5) is 0 Å². The van der Waals surface area contributed by atoms with Crippen molar-refractivity contribution in [3.63, 3.8) is 0 Å². The molecule has 6 heteroatoms. The molecule has 2 rings (SSSR count). The van der Waals surface area contributed by atoms with Gasteiger partial charge in [-0.25, -0.2) is 9.67 Å². The van der Waals surface area contributed by atoms with Crippen LogP contribution in [-0.4, -0.2) is 38.9 Å². The number of aliphatic hydroxyl groups excluding tert-OH is 1. The van der Waals surface area contributed by atoms with E-state index in [9.17, 15) is 9.90 Å². The number of carbonyl (C=O) groups is 1. The number of carbonyl (C=O) groups excluding carboxylic acids is 1. The normalized spacial score (nSPS) is 19.7. The number of aliphatic hydroxyl groups is 1. The van der Waals surface area contributed by atoms with Crippen molar-refractivity contribution < 1.29 is 9.90 Å². The highest BCUT2D eigenvalue weighted by atomic mass is 16.3. The minimum Gasteiger partial charge on any atom is -0.396 e. The lowest BCUT2D eigenvalue weighted by molar-refractivity contribution is -0.124. The number of amides is 1. The molecule has 1 amide bonds. The van der Waals surface area contributed by atoms with Crippen molar-refractivity contribution in [2.75, 3.05) is 13.2 Å². The molecular formula is C12H20N4O2. The Balaban J connectivity index is 1.88. The minimum absolute atomic E-state index is 0.0831. The van der Waals surface area contributed by atoms with E-state index in [4.69, 9.17) is 0 Å². The van der Waals surface area contributed by atoms with Gasteiger partial charge in [0.05, 0.1) is 6.61 Å². The van der Waals surface area contributed by atoms with Gasteiger partial charge >= 0.3 is 0 Å². The van der Waals surface area contributed by atoms with Crippen molar-refractivity contribution in [1.82, 2.24) is 20.1 Å². The van der Waals surface area contributed by atoms with Gasteiger partial charge in [0.2, 0.25) is 5.91 Å². The molecular weight excluding hydrogens is 232 g/mol. The molecule has 1 atom stereocenters. The largest absolute Gasteiger partial charge is 0.396 e. The van der Waals surface area contributed by atoms with E-state index in [1.54, 1.807) is 6.92 Å². The summed E-state index contributed by atoms with van der Waals surface area (Å²) in [6.07, 6.45) is 7.19. The maximum Gasteiger partial charge on any atom is 0.244 e. The summed E-state index contributed by atoms with van der Waals surface area (Å²) in [6, 6.07) is -0.371. The summed E-state index contributed by atoms with van der Waals surface area (Å²) in [6.45, 7) is 2.47. The summed E-state index contributed by atoms with van der Waals surface area (Å²) in [5, 5.41) is 16.3. The van der Waals surface area contributed by atoms with Gasteiger partial charge in [0.25, 0.3) is 0 Å². The number of hydrogen-bond acceptors (Lipinski definition) is 4. The van der Waals surface area contributed by atoms with Gasteiger partial charge in [0, 0.05) is 12.0 Å². The number of nitrogens with zero attached hydrogens (tertiary/aromatic N) is 3. The summed E-state index contributed by atoms with van der Waals surface area (Å²) >= 11 is 0. The summed E-state index contributed by atoms with van der Waals surface area (Å²) < 4.78 is 1.52. The second kappa shape index (κ2) is 5.48. The van der Waals surface area contributed by atoms with E-state index in [-0.39, 0.29) is 24.0 Å². The Morgan fingerprint density at radius 3 is 2.83 bits per heavy atom. The summed E-state index contributed by atoms with van der Waals surface area (Å²) in [5.41, 5.74) is -0.113. The lowest BCUT2D eigenvalue weighted by atomic mass is 9.87. The lowest BCUT2D eigenvalue weighted by Gasteiger charge is -2.27. The zero-order chi connectivity index (χ0) is 13.0. The zero-order valence-electron chi connectivity index (χ0n) is 10.7. The Hall–Kier alpha value is -1.43. The molecule has 1 unspecified atom stereocenters. The van der Waals surface area contributed by atoms with Crippen molar-refractivity contribution in [3.05, 3.63) is 12.7 Å². The molecule has 2 N–H and O–H groups in total. The van der Waals surface area contributed by atoms with E-state index in [1.807, 2.05) is 0 Å². The highest BCUT2D eigenvalue weighted by Crippen LogP contribution is 2.36. The summed E-state index contributed by atoms with van der Waals surface area (Å²) in [4.78, 5) is 15.8. The molecule has 1 aliphatic rings. The fraction of sp³-hybridized carbons (Fsp3) is 0.750. The second-order valence-corrected chi connectivity index (χ2v) is 5.13. The minimum atomic E-state index is -0.371. The molecule has 0 bridgehead atoms. The third-order valence-electron chi connectivity index (χ3n) is 3.85. The Morgan fingerprint density at radius 2 is 2.28 bits per heavy atom. The van der Waals surface area contributed by atoms with E-state index in [1.165, 1.54) is 17.3 Å². The fourth-order valence-corrected chi connectivity index (χ4v) is 2.48. The van der Waals surface area contributed by atoms with Crippen LogP contribution in [0, 0.1) is 5.41 Å². The first kappa shape index (κ1) is 13.0. The van der Waals surface area contributed by atoms with E-state index in [0.717, 1.165) is 25.7 Å². The number of aromatic nitrogens is 3. The van der Waals surface area contributed by atoms with Gasteiger partial charge in [-0.05, 0) is 19.8 Å². The average molecular weight is 252 g/mol. The second-order valence-electron chi connectivity index (χ2n) is 5.13. The topological polar surface area (TPSA) is 80.0 Å². The average Bonchev–Trinajstić information content (AvgIpc) is 3.06. The molecule has 0 saturated heterocycles. The van der Waals surface area contributed by atoms with Gasteiger partial charge in [-0.2, -0.15) is 5.10 Å². The van der Waals surface area contributed by atoms with Gasteiger partial charge in [-0.3, -0.25) is 4.79 Å². The van der Waals surface area contributed by atoms with Crippen LogP contribution in [0.15, 0.2) is 12.7 Å². The van der Waals surface area contributed by atoms with Gasteiger partial charge in [-0.1, -0.05) is 12.8 Å². The lowest BCUT2D eigenvalue weighted by Crippen LogP contribution is -2.41. The molecule has 1 aromatic rings. The van der Waals surface area contributed by atoms with Crippen LogP contribution in [0.2, 0.25) is 0 Å². The van der Waals surface area contributed by atoms with E-state index in [2.05, 4.69) is 15.4 Å². The zero-order valence-corrected chi connectivity index (χ0v) is 10.7. The van der Waals surface area contributed by atoms with Crippen LogP contribution < -0.4 is 5.32 Å². The van der Waals surface area contributed by atoms with E-state index >= 15 is 0 Å². The van der Waals surface area contributed by atoms with Gasteiger partial charge < -0.3 is 10.4 Å². The van der Waals surface area contributed by atoms with Crippen molar-refractivity contribution in [1.29, 1.82) is 0 Å². The van der Waals surface area contributed by atoms with Gasteiger partial charge in [0.1, 0.15) is 18.7 Å². The van der Waals surface area contributed by atoms with Crippen molar-refractivity contribution in [3.8, 4) is 0 Å². The smallest absolute Gasteiger partial charge is 0.244 e. The molecule has 6 nitrogen and oxygen atoms in total. The van der Waals surface area contributed by atoms with Crippen LogP contribution in [0.25, 0.3) is 0 Å². The predicted octanol–water partition coefficient (Wildman–Crippen LogP) is 0.508. The fourth-order valence-electron chi connectivity index (χ4n) is 2.48. The highest BCUT2D eigenvalue weighted by molar-refractivity contribution is 5.79. The maximum absolute atomic E-state index is 12.0. The standard InChI is InChI=1S/C12H20N4O2/c1-10(16-9-13-8-15-16)11(18)14-6-12(7-17)4-2-3-5-12/h8-10,17H,2-7H2,1H3,(H,14,18). The number of hydrogen-bond donors (Lipinski definition) is 2. The first-order valence-corrected chi connectivity index (χ1v) is 6.40. The third kappa shape index (κ3) is 2.69. The number of nitrogens with one attached hydrogen (secondary N) is 1. The Bertz CT molecular complexity index is 385. The van der Waals surface area contributed by atoms with Crippen molar-refractivity contribution >= 4 is 5.91 Å². The van der Waals surface area contributed by atoms with E-state index in [0.29, 0.717) is 6.54 Å². The molecule has 1 aromatic heterocycles. The van der Waals surface area contributed by atoms with Gasteiger partial charge in [-0.15, -0.1) is 0 Å². The molecule has 100 valence electrons. The van der Waals surface area contributed by atoms with Crippen molar-refractivity contribution in [2.45, 2.75) is 38.6 Å². The van der Waals surface area contributed by atoms with Crippen LogP contribution in [0.3, 0.4) is 0 Å². The Morgan fingerprint density at radius 1 is 1.56 bits per heavy atom. The van der Waals surface area contributed by atoms with Crippen LogP contribution in [0.5, 0.6) is 0 Å². The molecule has 0 radical (unpaired) electrons. The van der Waals surface area contributed by atoms with Crippen LogP contribution >= 0.6 is 0 Å². The molecule has 1 aliphatic carbocycles. The molecule has 0 aliphatic heterocycles. The molecule has 1 saturated carbocycles. The Labute approximate surface area is 106 Å². The highest BCUT2D eigenvalue weighted by Gasteiger charge is 2.33. The van der Waals surface area contributed by atoms with Crippen LogP contribution in [0.1, 0.15) is 38.6 Å². The first-order chi connectivity index (χ1) is 8.67. The van der Waals surface area contributed by atoms with Crippen molar-refractivity contribution in [2.24, 2.45) is 5.41 Å². The SMILES string of the molecule is CC(C(=O)NCC1(CO)CCCC1)n1cncn1. The first-order valence-electron chi connectivity index (χ1n) is 6.40.